The Labute approximate surface area is 128 Å². The van der Waals surface area contributed by atoms with Gasteiger partial charge >= 0.3 is 6.03 Å². The molecule has 2 amide bonds. The summed E-state index contributed by atoms with van der Waals surface area (Å²) in [6.07, 6.45) is 3.36. The van der Waals surface area contributed by atoms with E-state index in [0.717, 1.165) is 16.8 Å². The first kappa shape index (κ1) is 13.8. The van der Waals surface area contributed by atoms with Gasteiger partial charge in [0.25, 0.3) is 0 Å². The zero-order chi connectivity index (χ0) is 15.2. The highest BCUT2D eigenvalue weighted by Gasteiger charge is 2.08. The molecule has 0 aliphatic carbocycles. The van der Waals surface area contributed by atoms with Gasteiger partial charge in [0, 0.05) is 17.4 Å². The number of urea groups is 1. The highest BCUT2D eigenvalue weighted by atomic mass is 16.2. The van der Waals surface area contributed by atoms with Crippen LogP contribution in [0.25, 0.3) is 11.1 Å². The topological polar surface area (TPSA) is 54.0 Å². The van der Waals surface area contributed by atoms with Crippen molar-refractivity contribution in [1.29, 1.82) is 0 Å². The Hall–Kier alpha value is -3.14. The van der Waals surface area contributed by atoms with Crippen LogP contribution in [0.3, 0.4) is 0 Å². The van der Waals surface area contributed by atoms with Crippen LogP contribution < -0.4 is 10.6 Å². The van der Waals surface area contributed by atoms with Crippen molar-refractivity contribution in [2.75, 3.05) is 10.6 Å². The molecule has 1 aromatic heterocycles. The van der Waals surface area contributed by atoms with E-state index in [0.29, 0.717) is 5.69 Å². The quantitative estimate of drug-likeness (QED) is 0.751. The van der Waals surface area contributed by atoms with E-state index in [9.17, 15) is 4.79 Å². The summed E-state index contributed by atoms with van der Waals surface area (Å²) in [5.41, 5.74) is 3.37. The number of amides is 2. The lowest BCUT2D eigenvalue weighted by Gasteiger charge is -2.11. The molecule has 108 valence electrons. The van der Waals surface area contributed by atoms with Gasteiger partial charge in [0.2, 0.25) is 0 Å². The molecule has 0 fully saturated rings. The van der Waals surface area contributed by atoms with Crippen LogP contribution in [0.2, 0.25) is 0 Å². The minimum atomic E-state index is -0.295. The first-order valence-corrected chi connectivity index (χ1v) is 6.95. The maximum Gasteiger partial charge on any atom is 0.323 e. The monoisotopic (exact) mass is 289 g/mol. The van der Waals surface area contributed by atoms with E-state index in [1.54, 1.807) is 12.4 Å². The Kier molecular flexibility index (Phi) is 4.11. The lowest BCUT2D eigenvalue weighted by molar-refractivity contribution is 0.262. The van der Waals surface area contributed by atoms with E-state index in [4.69, 9.17) is 0 Å². The number of carbonyl (C=O) groups excluding carboxylic acids is 1. The molecule has 22 heavy (non-hydrogen) atoms. The molecule has 2 N–H and O–H groups in total. The number of pyridine rings is 1. The molecule has 4 heteroatoms. The van der Waals surface area contributed by atoms with E-state index >= 15 is 0 Å². The Morgan fingerprint density at radius 3 is 2.23 bits per heavy atom. The van der Waals surface area contributed by atoms with Crippen molar-refractivity contribution in [1.82, 2.24) is 4.98 Å². The van der Waals surface area contributed by atoms with Crippen LogP contribution in [0.15, 0.2) is 79.1 Å². The van der Waals surface area contributed by atoms with Crippen LogP contribution in [0.1, 0.15) is 0 Å². The number of anilines is 2. The molecular formula is C18H15N3O. The number of nitrogens with one attached hydrogen (secondary N) is 2. The Balaban J connectivity index is 1.80. The average molecular weight is 289 g/mol. The lowest BCUT2D eigenvalue weighted by Crippen LogP contribution is -2.19. The lowest BCUT2D eigenvalue weighted by atomic mass is 10.1. The number of rotatable bonds is 3. The van der Waals surface area contributed by atoms with E-state index in [-0.39, 0.29) is 6.03 Å². The molecular weight excluding hydrogens is 274 g/mol. The molecule has 0 saturated carbocycles. The Bertz CT molecular complexity index is 758. The first-order chi connectivity index (χ1) is 10.8. The highest BCUT2D eigenvalue weighted by Crippen LogP contribution is 2.26. The number of benzene rings is 2. The fourth-order valence-electron chi connectivity index (χ4n) is 2.17. The van der Waals surface area contributed by atoms with Crippen molar-refractivity contribution in [2.24, 2.45) is 0 Å². The molecule has 1 heterocycles. The predicted octanol–water partition coefficient (Wildman–Crippen LogP) is 4.39. The van der Waals surface area contributed by atoms with Crippen LogP contribution in [0.5, 0.6) is 0 Å². The second-order valence-electron chi connectivity index (χ2n) is 4.73. The maximum atomic E-state index is 12.1. The van der Waals surface area contributed by atoms with E-state index < -0.39 is 0 Å². The molecule has 0 unspecified atom stereocenters. The molecule has 0 bridgehead atoms. The molecule has 3 aromatic rings. The number of nitrogens with zero attached hydrogens (tertiary/aromatic N) is 1. The standard InChI is InChI=1S/C18H15N3O/c22-18(20-15-9-5-2-6-10-15)21-17-13-19-12-11-16(17)14-7-3-1-4-8-14/h1-13H,(H2,20,21,22). The van der Waals surface area contributed by atoms with Gasteiger partial charge in [0.05, 0.1) is 11.9 Å². The maximum absolute atomic E-state index is 12.1. The zero-order valence-electron chi connectivity index (χ0n) is 11.9. The summed E-state index contributed by atoms with van der Waals surface area (Å²) in [6.45, 7) is 0. The van der Waals surface area contributed by atoms with Gasteiger partial charge in [-0.1, -0.05) is 48.5 Å². The van der Waals surface area contributed by atoms with Gasteiger partial charge in [-0.2, -0.15) is 0 Å². The van der Waals surface area contributed by atoms with E-state index in [1.165, 1.54) is 0 Å². The van der Waals surface area contributed by atoms with Crippen molar-refractivity contribution in [3.63, 3.8) is 0 Å². The van der Waals surface area contributed by atoms with Gasteiger partial charge in [-0.15, -0.1) is 0 Å². The second kappa shape index (κ2) is 6.54. The highest BCUT2D eigenvalue weighted by molar-refractivity contribution is 6.02. The van der Waals surface area contributed by atoms with Crippen LogP contribution in [-0.2, 0) is 0 Å². The molecule has 0 atom stereocenters. The van der Waals surface area contributed by atoms with E-state index in [2.05, 4.69) is 15.6 Å². The third kappa shape index (κ3) is 3.30. The van der Waals surface area contributed by atoms with Gasteiger partial charge in [-0.3, -0.25) is 4.98 Å². The van der Waals surface area contributed by atoms with Crippen molar-refractivity contribution in [3.8, 4) is 11.1 Å². The molecule has 0 radical (unpaired) electrons. The summed E-state index contributed by atoms with van der Waals surface area (Å²) in [5, 5.41) is 5.64. The largest absolute Gasteiger partial charge is 0.323 e. The van der Waals surface area contributed by atoms with Crippen molar-refractivity contribution < 1.29 is 4.79 Å². The van der Waals surface area contributed by atoms with Gasteiger partial charge in [0.15, 0.2) is 0 Å². The number of aromatic nitrogens is 1. The number of hydrogen-bond donors (Lipinski definition) is 2. The summed E-state index contributed by atoms with van der Waals surface area (Å²) in [5.74, 6) is 0. The van der Waals surface area contributed by atoms with Crippen molar-refractivity contribution in [3.05, 3.63) is 79.1 Å². The smallest absolute Gasteiger partial charge is 0.308 e. The molecule has 3 rings (SSSR count). The average Bonchev–Trinajstić information content (AvgIpc) is 2.57. The summed E-state index contributed by atoms with van der Waals surface area (Å²) in [4.78, 5) is 16.2. The van der Waals surface area contributed by atoms with E-state index in [1.807, 2.05) is 66.7 Å². The first-order valence-electron chi connectivity index (χ1n) is 6.95. The fourth-order valence-corrected chi connectivity index (χ4v) is 2.17. The zero-order valence-corrected chi connectivity index (χ0v) is 11.9. The van der Waals surface area contributed by atoms with Crippen LogP contribution in [-0.4, -0.2) is 11.0 Å². The number of hydrogen-bond acceptors (Lipinski definition) is 2. The van der Waals surface area contributed by atoms with Gasteiger partial charge in [-0.25, -0.2) is 4.79 Å². The summed E-state index contributed by atoms with van der Waals surface area (Å²) < 4.78 is 0. The third-order valence-electron chi connectivity index (χ3n) is 3.19. The summed E-state index contributed by atoms with van der Waals surface area (Å²) in [7, 11) is 0. The van der Waals surface area contributed by atoms with Gasteiger partial charge < -0.3 is 10.6 Å². The summed E-state index contributed by atoms with van der Waals surface area (Å²) >= 11 is 0. The molecule has 0 aliphatic rings. The molecule has 0 saturated heterocycles. The predicted molar refractivity (Wildman–Crippen MR) is 88.8 cm³/mol. The van der Waals surface area contributed by atoms with Crippen LogP contribution in [0, 0.1) is 0 Å². The molecule has 2 aromatic carbocycles. The van der Waals surface area contributed by atoms with Gasteiger partial charge in [0.1, 0.15) is 0 Å². The molecule has 0 spiro atoms. The van der Waals surface area contributed by atoms with Crippen molar-refractivity contribution >= 4 is 17.4 Å². The minimum Gasteiger partial charge on any atom is -0.308 e. The van der Waals surface area contributed by atoms with Crippen molar-refractivity contribution in [2.45, 2.75) is 0 Å². The molecule has 4 nitrogen and oxygen atoms in total. The fraction of sp³-hybridized carbons (Fsp3) is 0. The number of para-hydroxylation sites is 1. The van der Waals surface area contributed by atoms with Crippen LogP contribution in [0.4, 0.5) is 16.2 Å². The second-order valence-corrected chi connectivity index (χ2v) is 4.73. The number of carbonyl (C=O) groups is 1. The Morgan fingerprint density at radius 2 is 1.50 bits per heavy atom. The minimum absolute atomic E-state index is 0.295. The normalized spacial score (nSPS) is 10.0. The molecule has 0 aliphatic heterocycles. The van der Waals surface area contributed by atoms with Crippen LogP contribution >= 0.6 is 0 Å². The Morgan fingerprint density at radius 1 is 0.818 bits per heavy atom. The third-order valence-corrected chi connectivity index (χ3v) is 3.19. The summed E-state index contributed by atoms with van der Waals surface area (Å²) in [6, 6.07) is 20.8. The SMILES string of the molecule is O=C(Nc1ccccc1)Nc1cnccc1-c1ccccc1. The van der Waals surface area contributed by atoms with Gasteiger partial charge in [-0.05, 0) is 23.8 Å².